The third kappa shape index (κ3) is 9.55. The smallest absolute Gasteiger partial charge is 0.432 e. The second-order valence-electron chi connectivity index (χ2n) is 9.71. The van der Waals surface area contributed by atoms with E-state index in [4.69, 9.17) is 27.9 Å². The van der Waals surface area contributed by atoms with Crippen molar-refractivity contribution in [2.45, 2.75) is 63.9 Å². The normalized spacial score (nSPS) is 23.5. The quantitative estimate of drug-likeness (QED) is 0.0708. The van der Waals surface area contributed by atoms with Crippen LogP contribution in [0.25, 0.3) is 0 Å². The fraction of sp³-hybridized carbons (Fsp3) is 0.480. The van der Waals surface area contributed by atoms with Crippen molar-refractivity contribution in [3.8, 4) is 5.75 Å². The summed E-state index contributed by atoms with van der Waals surface area (Å²) < 4.78 is 45.7. The standard InChI is InChI=1S/C25H34N4O13P2/c1-15(2)39-24(33)36-14-37-27-19-11-12-29(23(32)26-19)22-25(4,34)20(30)18(40-22)13-38-44(35,28-16(3)21(31)41-43-5)42-17-9-7-6-8-10-17/h6-12,15-16,18,20,22,30,34H,5,13-14H2,1-4H3,(H,28,35)(H,26,27,32)/t16-,18+,20?,22+,25+,44?/m0/s1. The Hall–Kier alpha value is -3.40. The molecule has 2 heterocycles. The summed E-state index contributed by atoms with van der Waals surface area (Å²) in [6.45, 7) is 4.73. The molecule has 1 saturated heterocycles. The van der Waals surface area contributed by atoms with Crippen LogP contribution >= 0.6 is 16.2 Å². The lowest BCUT2D eigenvalue weighted by Gasteiger charge is -2.27. The number of aliphatic hydroxyl groups is 2. The maximum Gasteiger partial charge on any atom is 0.510 e. The van der Waals surface area contributed by atoms with Gasteiger partial charge in [0, 0.05) is 6.20 Å². The summed E-state index contributed by atoms with van der Waals surface area (Å²) in [5.41, 5.74) is -0.632. The number of carbonyl (C=O) groups is 2. The van der Waals surface area contributed by atoms with E-state index < -0.39 is 69.0 Å². The molecule has 1 aromatic heterocycles. The summed E-state index contributed by atoms with van der Waals surface area (Å²) in [6, 6.07) is 8.12. The number of hydrogen-bond acceptors (Lipinski definition) is 15. The van der Waals surface area contributed by atoms with Gasteiger partial charge in [0.05, 0.1) is 12.7 Å². The summed E-state index contributed by atoms with van der Waals surface area (Å²) in [7, 11) is -4.24. The van der Waals surface area contributed by atoms with Gasteiger partial charge in [-0.2, -0.15) is 10.1 Å². The van der Waals surface area contributed by atoms with E-state index in [2.05, 4.69) is 26.6 Å². The Morgan fingerprint density at radius 1 is 1.25 bits per heavy atom. The number of hydrogen-bond donors (Lipinski definition) is 4. The number of rotatable bonds is 15. The van der Waals surface area contributed by atoms with E-state index in [0.717, 1.165) is 4.57 Å². The van der Waals surface area contributed by atoms with Crippen molar-refractivity contribution in [1.29, 1.82) is 0 Å². The van der Waals surface area contributed by atoms with Gasteiger partial charge in [0.25, 0.3) is 0 Å². The van der Waals surface area contributed by atoms with Crippen molar-refractivity contribution in [3.05, 3.63) is 53.1 Å². The number of para-hydroxylation sites is 1. The van der Waals surface area contributed by atoms with Gasteiger partial charge >= 0.3 is 25.6 Å². The molecule has 2 unspecified atom stereocenters. The molecule has 1 aromatic carbocycles. The molecule has 4 N–H and O–H groups in total. The zero-order valence-electron chi connectivity index (χ0n) is 24.2. The number of carbonyl (C=O) groups excluding carboxylic acids is 2. The van der Waals surface area contributed by atoms with Crippen molar-refractivity contribution < 1.29 is 57.0 Å². The molecular weight excluding hydrogens is 626 g/mol. The Labute approximate surface area is 253 Å². The Kier molecular flexibility index (Phi) is 12.4. The highest BCUT2D eigenvalue weighted by Crippen LogP contribution is 2.47. The molecule has 1 aliphatic heterocycles. The van der Waals surface area contributed by atoms with Crippen LogP contribution in [0.5, 0.6) is 5.75 Å². The van der Waals surface area contributed by atoms with Gasteiger partial charge in [-0.15, -0.1) is 0 Å². The maximum atomic E-state index is 13.7. The number of nitrogens with zero attached hydrogens (tertiary/aromatic N) is 2. The summed E-state index contributed by atoms with van der Waals surface area (Å²) in [6.07, 6.45) is -1.14. The van der Waals surface area contributed by atoms with E-state index in [1.54, 1.807) is 32.0 Å². The summed E-state index contributed by atoms with van der Waals surface area (Å²) in [4.78, 5) is 45.0. The lowest BCUT2D eigenvalue weighted by molar-refractivity contribution is -0.134. The lowest BCUT2D eigenvalue weighted by atomic mass is 9.96. The number of nitrogens with one attached hydrogen (secondary N) is 2. The third-order valence-corrected chi connectivity index (χ3v) is 7.77. The first-order valence-corrected chi connectivity index (χ1v) is 15.6. The van der Waals surface area contributed by atoms with Crippen LogP contribution in [0.1, 0.15) is 33.9 Å². The second kappa shape index (κ2) is 15.5. The number of ether oxygens (including phenoxy) is 3. The van der Waals surface area contributed by atoms with Crippen molar-refractivity contribution in [2.75, 3.05) is 18.9 Å². The molecule has 0 bridgehead atoms. The zero-order chi connectivity index (χ0) is 32.5. The summed E-state index contributed by atoms with van der Waals surface area (Å²) in [5.74, 6) is -0.700. The highest BCUT2D eigenvalue weighted by atomic mass is 31.2. The van der Waals surface area contributed by atoms with Gasteiger partial charge in [0.2, 0.25) is 6.79 Å². The fourth-order valence-corrected chi connectivity index (χ4v) is 5.53. The number of benzene rings is 1. The lowest BCUT2D eigenvalue weighted by Crippen LogP contribution is -2.46. The number of aromatic nitrogens is 2. The minimum absolute atomic E-state index is 0.0683. The molecule has 44 heavy (non-hydrogen) atoms. The highest BCUT2D eigenvalue weighted by Gasteiger charge is 2.54. The van der Waals surface area contributed by atoms with Crippen LogP contribution in [0.3, 0.4) is 0 Å². The maximum absolute atomic E-state index is 13.7. The zero-order valence-corrected chi connectivity index (χ0v) is 26.0. The van der Waals surface area contributed by atoms with Crippen molar-refractivity contribution in [1.82, 2.24) is 14.6 Å². The first kappa shape index (κ1) is 35.1. The van der Waals surface area contributed by atoms with E-state index in [0.29, 0.717) is 0 Å². The van der Waals surface area contributed by atoms with Crippen molar-refractivity contribution >= 4 is 40.4 Å². The molecule has 0 spiro atoms. The van der Waals surface area contributed by atoms with Gasteiger partial charge in [0.15, 0.2) is 12.0 Å². The molecule has 19 heteroatoms. The van der Waals surface area contributed by atoms with Gasteiger partial charge in [-0.25, -0.2) is 29.3 Å². The van der Waals surface area contributed by atoms with Gasteiger partial charge < -0.3 is 33.5 Å². The van der Waals surface area contributed by atoms with Gasteiger partial charge in [-0.3, -0.25) is 9.09 Å². The van der Waals surface area contributed by atoms with E-state index in [-0.39, 0.29) is 26.1 Å². The molecule has 2 aromatic rings. The molecule has 0 radical (unpaired) electrons. The second-order valence-corrected chi connectivity index (χ2v) is 11.8. The predicted octanol–water partition coefficient (Wildman–Crippen LogP) is 2.13. The minimum Gasteiger partial charge on any atom is -0.432 e. The summed E-state index contributed by atoms with van der Waals surface area (Å²) >= 11 is 0. The average Bonchev–Trinajstić information content (AvgIpc) is 3.18. The number of aliphatic hydroxyl groups excluding tert-OH is 1. The average molecular weight is 661 g/mol. The van der Waals surface area contributed by atoms with E-state index >= 15 is 0 Å². The van der Waals surface area contributed by atoms with Crippen LogP contribution in [0.2, 0.25) is 0 Å². The Morgan fingerprint density at radius 3 is 2.59 bits per heavy atom. The van der Waals surface area contributed by atoms with Crippen LogP contribution in [0.4, 0.5) is 10.6 Å². The largest absolute Gasteiger partial charge is 0.510 e. The van der Waals surface area contributed by atoms with Crippen molar-refractivity contribution in [3.63, 3.8) is 0 Å². The van der Waals surface area contributed by atoms with Gasteiger partial charge in [-0.1, -0.05) is 18.2 Å². The first-order chi connectivity index (χ1) is 20.8. The minimum atomic E-state index is -4.32. The Morgan fingerprint density at radius 2 is 1.95 bits per heavy atom. The molecule has 0 amide bonds. The van der Waals surface area contributed by atoms with Crippen molar-refractivity contribution in [2.24, 2.45) is 0 Å². The molecular formula is C25H34N4O13P2. The Bertz CT molecular complexity index is 1390. The molecule has 3 rings (SSSR count). The predicted molar refractivity (Wildman–Crippen MR) is 155 cm³/mol. The monoisotopic (exact) mass is 660 g/mol. The first-order valence-electron chi connectivity index (χ1n) is 13.1. The molecule has 17 nitrogen and oxygen atoms in total. The van der Waals surface area contributed by atoms with E-state index in [9.17, 15) is 29.2 Å². The van der Waals surface area contributed by atoms with Gasteiger partial charge in [-0.05, 0) is 52.2 Å². The molecule has 242 valence electrons. The van der Waals surface area contributed by atoms with Gasteiger partial charge in [0.1, 0.15) is 38.0 Å². The molecule has 0 saturated carbocycles. The number of anilines is 1. The van der Waals surface area contributed by atoms with E-state index in [1.807, 2.05) is 0 Å². The van der Waals surface area contributed by atoms with Crippen LogP contribution < -0.4 is 20.8 Å². The topological polar surface area (TPSA) is 215 Å². The van der Waals surface area contributed by atoms with Crippen LogP contribution in [-0.4, -0.2) is 81.5 Å². The van der Waals surface area contributed by atoms with Crippen LogP contribution in [0.15, 0.2) is 47.4 Å². The third-order valence-electron chi connectivity index (χ3n) is 5.82. The fourth-order valence-electron chi connectivity index (χ4n) is 3.75. The molecule has 6 atom stereocenters. The molecule has 0 aliphatic carbocycles. The SMILES string of the molecule is C=POC(=O)[C@H](C)NP(=O)(OC[C@H]1O[C@@H](n2ccc(NOCOC(=O)OC(C)C)nc2=O)[C@](C)(O)C1O)Oc1ccccc1. The van der Waals surface area contributed by atoms with Crippen LogP contribution in [0, 0.1) is 0 Å². The molecule has 1 fully saturated rings. The summed E-state index contributed by atoms with van der Waals surface area (Å²) in [5, 5.41) is 24.4. The molecule has 1 aliphatic rings. The van der Waals surface area contributed by atoms with E-state index in [1.165, 1.54) is 38.2 Å². The Balaban J connectivity index is 1.68. The van der Waals surface area contributed by atoms with Crippen LogP contribution in [-0.2, 0) is 37.5 Å². The highest BCUT2D eigenvalue weighted by molar-refractivity contribution is 7.52.